The second-order valence-electron chi connectivity index (χ2n) is 7.89. The number of nitrogens with two attached hydrogens (primary N) is 1. The number of benzene rings is 2. The van der Waals surface area contributed by atoms with E-state index in [4.69, 9.17) is 5.73 Å². The van der Waals surface area contributed by atoms with E-state index in [0.717, 1.165) is 31.2 Å². The molecule has 2 aromatic rings. The van der Waals surface area contributed by atoms with Crippen molar-refractivity contribution in [3.63, 3.8) is 0 Å². The second-order valence-corrected chi connectivity index (χ2v) is 7.89. The van der Waals surface area contributed by atoms with Gasteiger partial charge < -0.3 is 15.9 Å². The lowest BCUT2D eigenvalue weighted by atomic mass is 9.51. The summed E-state index contributed by atoms with van der Waals surface area (Å²) in [5.41, 5.74) is 9.15. The molecule has 0 aliphatic heterocycles. The van der Waals surface area contributed by atoms with Crippen LogP contribution in [0.25, 0.3) is 0 Å². The lowest BCUT2D eigenvalue weighted by Gasteiger charge is -2.55. The van der Waals surface area contributed by atoms with Crippen molar-refractivity contribution in [1.29, 1.82) is 0 Å². The van der Waals surface area contributed by atoms with E-state index in [9.17, 15) is 10.2 Å². The summed E-state index contributed by atoms with van der Waals surface area (Å²) in [7, 11) is 0. The van der Waals surface area contributed by atoms with Crippen LogP contribution in [0.5, 0.6) is 5.75 Å². The van der Waals surface area contributed by atoms with Crippen molar-refractivity contribution < 1.29 is 10.2 Å². The van der Waals surface area contributed by atoms with Crippen LogP contribution in [0.3, 0.4) is 0 Å². The van der Waals surface area contributed by atoms with Gasteiger partial charge in [-0.25, -0.2) is 0 Å². The number of fused-ring (bicyclic) bond motifs is 3. The van der Waals surface area contributed by atoms with Crippen LogP contribution in [0.15, 0.2) is 48.5 Å². The average Bonchev–Trinajstić information content (AvgIpc) is 2.63. The highest BCUT2D eigenvalue weighted by atomic mass is 16.3. The van der Waals surface area contributed by atoms with Gasteiger partial charge in [-0.3, -0.25) is 0 Å². The molecule has 4 atom stereocenters. The van der Waals surface area contributed by atoms with Gasteiger partial charge >= 0.3 is 0 Å². The van der Waals surface area contributed by atoms with E-state index < -0.39 is 5.60 Å². The van der Waals surface area contributed by atoms with Crippen molar-refractivity contribution in [2.24, 2.45) is 11.7 Å². The van der Waals surface area contributed by atoms with Gasteiger partial charge in [0.05, 0.1) is 0 Å². The maximum Gasteiger partial charge on any atom is 0.115 e. The van der Waals surface area contributed by atoms with Gasteiger partial charge in [0.2, 0.25) is 0 Å². The van der Waals surface area contributed by atoms with E-state index in [1.165, 1.54) is 11.1 Å². The zero-order valence-corrected chi connectivity index (χ0v) is 14.8. The standard InChI is InChI=1S/C22H27NO2/c1-2-21-14-20(23)22(25,16-6-4-3-5-7-16)13-17(21)9-8-15-12-18(24)10-11-19(15)21/h3-7,10-12,17,20,24-25H,2,8-9,13-14,23H2,1H3/t17-,20+,21-,22-/m1/s1. The summed E-state index contributed by atoms with van der Waals surface area (Å²) in [6.07, 6.45) is 4.47. The maximum atomic E-state index is 11.5. The first-order valence-corrected chi connectivity index (χ1v) is 9.35. The van der Waals surface area contributed by atoms with E-state index >= 15 is 0 Å². The summed E-state index contributed by atoms with van der Waals surface area (Å²) in [6, 6.07) is 15.4. The van der Waals surface area contributed by atoms with Crippen LogP contribution >= 0.6 is 0 Å². The molecule has 2 aliphatic rings. The average molecular weight is 337 g/mol. The fourth-order valence-corrected chi connectivity index (χ4v) is 5.44. The van der Waals surface area contributed by atoms with Crippen LogP contribution in [-0.2, 0) is 17.4 Å². The molecule has 132 valence electrons. The summed E-state index contributed by atoms with van der Waals surface area (Å²) in [5, 5.41) is 21.3. The smallest absolute Gasteiger partial charge is 0.115 e. The summed E-state index contributed by atoms with van der Waals surface area (Å²) < 4.78 is 0. The molecule has 0 spiro atoms. The first-order valence-electron chi connectivity index (χ1n) is 9.35. The van der Waals surface area contributed by atoms with Crippen molar-refractivity contribution in [3.05, 3.63) is 65.2 Å². The Kier molecular flexibility index (Phi) is 3.89. The van der Waals surface area contributed by atoms with Gasteiger partial charge in [0.25, 0.3) is 0 Å². The third-order valence-corrected chi connectivity index (χ3v) is 6.83. The minimum Gasteiger partial charge on any atom is -0.508 e. The number of hydrogen-bond donors (Lipinski definition) is 3. The minimum atomic E-state index is -0.959. The van der Waals surface area contributed by atoms with Gasteiger partial charge in [-0.15, -0.1) is 0 Å². The van der Waals surface area contributed by atoms with Crippen LogP contribution in [0, 0.1) is 5.92 Å². The molecular formula is C22H27NO2. The Morgan fingerprint density at radius 3 is 2.60 bits per heavy atom. The first kappa shape index (κ1) is 16.6. The molecule has 25 heavy (non-hydrogen) atoms. The number of phenolic OH excluding ortho intramolecular Hbond substituents is 1. The Labute approximate surface area is 149 Å². The van der Waals surface area contributed by atoms with Crippen LogP contribution in [0.1, 0.15) is 49.3 Å². The van der Waals surface area contributed by atoms with Crippen molar-refractivity contribution in [2.75, 3.05) is 0 Å². The Balaban J connectivity index is 1.77. The van der Waals surface area contributed by atoms with Crippen LogP contribution in [0.4, 0.5) is 0 Å². The maximum absolute atomic E-state index is 11.5. The Morgan fingerprint density at radius 2 is 1.88 bits per heavy atom. The van der Waals surface area contributed by atoms with Crippen molar-refractivity contribution >= 4 is 0 Å². The van der Waals surface area contributed by atoms with Gasteiger partial charge in [0, 0.05) is 6.04 Å². The molecule has 0 radical (unpaired) electrons. The Bertz CT molecular complexity index is 775. The second kappa shape index (κ2) is 5.86. The number of aryl methyl sites for hydroxylation is 1. The van der Waals surface area contributed by atoms with Crippen LogP contribution in [0.2, 0.25) is 0 Å². The predicted octanol–water partition coefficient (Wildman–Crippen LogP) is 3.61. The number of hydrogen-bond acceptors (Lipinski definition) is 3. The highest BCUT2D eigenvalue weighted by molar-refractivity contribution is 5.44. The SMILES string of the molecule is CC[C@@]12C[C@H](N)[C@](O)(c3ccccc3)C[C@H]1CCc1cc(O)ccc12. The van der Waals surface area contributed by atoms with Crippen molar-refractivity contribution in [2.45, 2.75) is 56.1 Å². The zero-order valence-electron chi connectivity index (χ0n) is 14.8. The first-order chi connectivity index (χ1) is 12.0. The Morgan fingerprint density at radius 1 is 1.12 bits per heavy atom. The summed E-state index contributed by atoms with van der Waals surface area (Å²) in [6.45, 7) is 2.23. The van der Waals surface area contributed by atoms with E-state index in [0.29, 0.717) is 18.1 Å². The normalized spacial score (nSPS) is 34.2. The highest BCUT2D eigenvalue weighted by Crippen LogP contribution is 2.56. The lowest BCUT2D eigenvalue weighted by molar-refractivity contribution is -0.0731. The lowest BCUT2D eigenvalue weighted by Crippen LogP contribution is -2.59. The number of aromatic hydroxyl groups is 1. The Hall–Kier alpha value is -1.84. The van der Waals surface area contributed by atoms with Gasteiger partial charge in [0.1, 0.15) is 11.4 Å². The molecule has 0 amide bonds. The van der Waals surface area contributed by atoms with Gasteiger partial charge in [-0.1, -0.05) is 43.3 Å². The highest BCUT2D eigenvalue weighted by Gasteiger charge is 2.54. The number of aliphatic hydroxyl groups is 1. The fourth-order valence-electron chi connectivity index (χ4n) is 5.44. The molecule has 0 bridgehead atoms. The molecule has 3 nitrogen and oxygen atoms in total. The summed E-state index contributed by atoms with van der Waals surface area (Å²) in [4.78, 5) is 0. The third-order valence-electron chi connectivity index (χ3n) is 6.83. The fraction of sp³-hybridized carbons (Fsp3) is 0.455. The van der Waals surface area contributed by atoms with Crippen molar-refractivity contribution in [1.82, 2.24) is 0 Å². The number of phenols is 1. The molecule has 0 aromatic heterocycles. The number of rotatable bonds is 2. The van der Waals surface area contributed by atoms with E-state index in [-0.39, 0.29) is 11.5 Å². The molecular weight excluding hydrogens is 310 g/mol. The van der Waals surface area contributed by atoms with Crippen LogP contribution < -0.4 is 5.73 Å². The summed E-state index contributed by atoms with van der Waals surface area (Å²) in [5.74, 6) is 0.740. The predicted molar refractivity (Wildman–Crippen MR) is 99.4 cm³/mol. The van der Waals surface area contributed by atoms with Gasteiger partial charge in [0.15, 0.2) is 0 Å². The molecule has 0 saturated heterocycles. The van der Waals surface area contributed by atoms with E-state index in [2.05, 4.69) is 13.0 Å². The molecule has 1 saturated carbocycles. The molecule has 0 heterocycles. The van der Waals surface area contributed by atoms with E-state index in [1.807, 2.05) is 36.4 Å². The van der Waals surface area contributed by atoms with Gasteiger partial charge in [-0.05, 0) is 72.3 Å². The largest absolute Gasteiger partial charge is 0.508 e. The third kappa shape index (κ3) is 2.41. The van der Waals surface area contributed by atoms with E-state index in [1.54, 1.807) is 6.07 Å². The quantitative estimate of drug-likeness (QED) is 0.784. The molecule has 2 aliphatic carbocycles. The molecule has 2 aromatic carbocycles. The zero-order chi connectivity index (χ0) is 17.7. The molecule has 4 rings (SSSR count). The van der Waals surface area contributed by atoms with Gasteiger partial charge in [-0.2, -0.15) is 0 Å². The molecule has 1 fully saturated rings. The molecule has 0 unspecified atom stereocenters. The summed E-state index contributed by atoms with van der Waals surface area (Å²) >= 11 is 0. The molecule has 3 heteroatoms. The topological polar surface area (TPSA) is 66.5 Å². The monoisotopic (exact) mass is 337 g/mol. The minimum absolute atomic E-state index is 0.00170. The molecule has 4 N–H and O–H groups in total. The van der Waals surface area contributed by atoms with Crippen LogP contribution in [-0.4, -0.2) is 16.3 Å². The van der Waals surface area contributed by atoms with Crippen molar-refractivity contribution in [3.8, 4) is 5.75 Å².